The molecule has 3 rings (SSSR count). The van der Waals surface area contributed by atoms with Crippen molar-refractivity contribution in [3.63, 3.8) is 0 Å². The lowest BCUT2D eigenvalue weighted by Crippen LogP contribution is -2.19. The molecule has 10 heteroatoms. The molecule has 0 spiro atoms. The molecular weight excluding hydrogens is 426 g/mol. The lowest BCUT2D eigenvalue weighted by molar-refractivity contribution is -0.140. The number of ether oxygens (including phenoxy) is 1. The number of oxime groups is 1. The lowest BCUT2D eigenvalue weighted by atomic mass is 10.1. The van der Waals surface area contributed by atoms with Gasteiger partial charge in [-0.25, -0.2) is 18.6 Å². The summed E-state index contributed by atoms with van der Waals surface area (Å²) in [5.41, 5.74) is 6.83. The van der Waals surface area contributed by atoms with E-state index in [0.29, 0.717) is 10.8 Å². The molecule has 31 heavy (non-hydrogen) atoms. The highest BCUT2D eigenvalue weighted by molar-refractivity contribution is 7.05. The van der Waals surface area contributed by atoms with Gasteiger partial charge in [0.15, 0.2) is 28.2 Å². The summed E-state index contributed by atoms with van der Waals surface area (Å²) in [7, 11) is 0. The van der Waals surface area contributed by atoms with Gasteiger partial charge in [-0.1, -0.05) is 48.8 Å². The van der Waals surface area contributed by atoms with Crippen LogP contribution in [0, 0.1) is 18.6 Å². The number of nitrogens with zero attached hydrogens (tertiary/aromatic N) is 3. The van der Waals surface area contributed by atoms with Crippen LogP contribution in [0.15, 0.2) is 41.6 Å². The van der Waals surface area contributed by atoms with Gasteiger partial charge in [-0.05, 0) is 30.6 Å². The van der Waals surface area contributed by atoms with Gasteiger partial charge >= 0.3 is 5.97 Å². The third-order valence-electron chi connectivity index (χ3n) is 3.71. The van der Waals surface area contributed by atoms with Crippen LogP contribution in [-0.4, -0.2) is 21.2 Å². The minimum Gasteiger partial charge on any atom is -0.483 e. The number of aromatic nitrogens is 2. The largest absolute Gasteiger partial charge is 0.483 e. The topological polar surface area (TPSA) is 99.7 Å². The first-order valence-electron chi connectivity index (χ1n) is 9.37. The van der Waals surface area contributed by atoms with Crippen LogP contribution in [-0.2, 0) is 16.2 Å². The first-order valence-corrected chi connectivity index (χ1v) is 10.1. The molecule has 2 N–H and O–H groups in total. The maximum absolute atomic E-state index is 14.6. The van der Waals surface area contributed by atoms with Crippen LogP contribution >= 0.6 is 11.5 Å². The first kappa shape index (κ1) is 23.9. The van der Waals surface area contributed by atoms with E-state index >= 15 is 0 Å². The Balaban J connectivity index is 0.00000166. The second kappa shape index (κ2) is 11.1. The maximum atomic E-state index is 14.6. The Kier molecular flexibility index (Phi) is 8.56. The Bertz CT molecular complexity index is 1070. The first-order chi connectivity index (χ1) is 14.8. The number of hydrogen-bond acceptors (Lipinski definition) is 7. The van der Waals surface area contributed by atoms with E-state index in [2.05, 4.69) is 19.4 Å². The van der Waals surface area contributed by atoms with Crippen LogP contribution in [0.2, 0.25) is 0 Å². The van der Waals surface area contributed by atoms with Gasteiger partial charge < -0.3 is 15.3 Å². The van der Waals surface area contributed by atoms with Crippen molar-refractivity contribution in [2.24, 2.45) is 10.9 Å². The molecule has 0 atom stereocenters. The molecule has 164 valence electrons. The van der Waals surface area contributed by atoms with Gasteiger partial charge in [0, 0.05) is 12.5 Å². The summed E-state index contributed by atoms with van der Waals surface area (Å²) in [5.74, 6) is -3.16. The Morgan fingerprint density at radius 3 is 2.48 bits per heavy atom. The normalized spacial score (nSPS) is 10.8. The Hall–Kier alpha value is -3.40. The Morgan fingerprint density at radius 2 is 1.84 bits per heavy atom. The molecule has 0 aliphatic heterocycles. The van der Waals surface area contributed by atoms with E-state index < -0.39 is 29.0 Å². The fourth-order valence-electron chi connectivity index (χ4n) is 2.31. The number of nitrogens with two attached hydrogens (primary N) is 1. The van der Waals surface area contributed by atoms with Gasteiger partial charge in [0.05, 0.1) is 5.56 Å². The molecule has 0 saturated carbocycles. The number of carbonyl (C=O) groups excluding carboxylic acids is 1. The highest BCUT2D eigenvalue weighted by Gasteiger charge is 2.19. The van der Waals surface area contributed by atoms with Gasteiger partial charge in [0.25, 0.3) is 0 Å². The van der Waals surface area contributed by atoms with E-state index in [4.69, 9.17) is 10.5 Å². The van der Waals surface area contributed by atoms with E-state index in [1.807, 2.05) is 45.0 Å². The molecule has 0 unspecified atom stereocenters. The minimum absolute atomic E-state index is 0.0769. The quantitative estimate of drug-likeness (QED) is 0.256. The van der Waals surface area contributed by atoms with Crippen molar-refractivity contribution >= 4 is 23.3 Å². The van der Waals surface area contributed by atoms with E-state index in [1.54, 1.807) is 0 Å². The van der Waals surface area contributed by atoms with Gasteiger partial charge in [-0.15, -0.1) is 0 Å². The molecule has 0 amide bonds. The van der Waals surface area contributed by atoms with Crippen molar-refractivity contribution in [2.45, 2.75) is 34.3 Å². The van der Waals surface area contributed by atoms with Crippen molar-refractivity contribution in [1.29, 1.82) is 0 Å². The second-order valence-corrected chi connectivity index (χ2v) is 6.80. The molecule has 0 saturated heterocycles. The predicted octanol–water partition coefficient (Wildman–Crippen LogP) is 4.58. The van der Waals surface area contributed by atoms with Crippen molar-refractivity contribution in [3.05, 3.63) is 64.2 Å². The summed E-state index contributed by atoms with van der Waals surface area (Å²) in [4.78, 5) is 19.5. The standard InChI is InChI=1S/C19H16F2N4O3S.C2H6/c1-10-3-5-12(6-4-10)19-23-15(29-25-19)9-27-14-8-7-13(20)16(17(14)21)18(22)24-28-11(2)26;1-2/h3-8H,9H2,1-2H3,(H2,22,24);1-2H3. The van der Waals surface area contributed by atoms with Crippen molar-refractivity contribution in [3.8, 4) is 17.1 Å². The predicted molar refractivity (Wildman–Crippen MR) is 115 cm³/mol. The zero-order valence-corrected chi connectivity index (χ0v) is 18.3. The Labute approximate surface area is 182 Å². The average molecular weight is 448 g/mol. The Morgan fingerprint density at radius 1 is 1.16 bits per heavy atom. The third-order valence-corrected chi connectivity index (χ3v) is 4.40. The monoisotopic (exact) mass is 448 g/mol. The molecule has 1 heterocycles. The van der Waals surface area contributed by atoms with Gasteiger partial charge in [0.2, 0.25) is 0 Å². The van der Waals surface area contributed by atoms with E-state index in [-0.39, 0.29) is 12.4 Å². The zero-order chi connectivity index (χ0) is 23.0. The summed E-state index contributed by atoms with van der Waals surface area (Å²) in [5, 5.41) is 3.71. The molecular formula is C21H22F2N4O3S. The fraction of sp³-hybridized carbons (Fsp3) is 0.238. The third kappa shape index (κ3) is 6.29. The number of benzene rings is 2. The van der Waals surface area contributed by atoms with Crippen LogP contribution in [0.5, 0.6) is 5.75 Å². The van der Waals surface area contributed by atoms with Crippen molar-refractivity contribution < 1.29 is 23.1 Å². The molecule has 1 aromatic heterocycles. The van der Waals surface area contributed by atoms with E-state index in [9.17, 15) is 13.6 Å². The molecule has 2 aromatic carbocycles. The summed E-state index contributed by atoms with van der Waals surface area (Å²) >= 11 is 1.11. The summed E-state index contributed by atoms with van der Waals surface area (Å²) in [6.45, 7) is 6.98. The number of aryl methyl sites for hydroxylation is 1. The van der Waals surface area contributed by atoms with Crippen LogP contribution in [0.1, 0.15) is 36.9 Å². The highest BCUT2D eigenvalue weighted by atomic mass is 32.1. The number of hydrogen-bond donors (Lipinski definition) is 1. The van der Waals surface area contributed by atoms with Gasteiger partial charge in [0.1, 0.15) is 12.4 Å². The van der Waals surface area contributed by atoms with Gasteiger partial charge in [-0.2, -0.15) is 4.37 Å². The number of rotatable bonds is 6. The van der Waals surface area contributed by atoms with Crippen LogP contribution in [0.4, 0.5) is 8.78 Å². The van der Waals surface area contributed by atoms with E-state index in [1.165, 1.54) is 0 Å². The van der Waals surface area contributed by atoms with Gasteiger partial charge in [-0.3, -0.25) is 0 Å². The van der Waals surface area contributed by atoms with Crippen molar-refractivity contribution in [2.75, 3.05) is 0 Å². The fourth-order valence-corrected chi connectivity index (χ4v) is 2.89. The summed E-state index contributed by atoms with van der Waals surface area (Å²) < 4.78 is 38.3. The average Bonchev–Trinajstić information content (AvgIpc) is 3.23. The number of carbonyl (C=O) groups is 1. The molecule has 0 aliphatic rings. The summed E-state index contributed by atoms with van der Waals surface area (Å²) in [6, 6.07) is 9.79. The zero-order valence-electron chi connectivity index (χ0n) is 17.5. The molecule has 0 radical (unpaired) electrons. The molecule has 0 fully saturated rings. The number of amidine groups is 1. The van der Waals surface area contributed by atoms with Crippen LogP contribution < -0.4 is 10.5 Å². The van der Waals surface area contributed by atoms with Crippen LogP contribution in [0.3, 0.4) is 0 Å². The molecule has 7 nitrogen and oxygen atoms in total. The lowest BCUT2D eigenvalue weighted by Gasteiger charge is -2.09. The minimum atomic E-state index is -1.07. The molecule has 0 bridgehead atoms. The number of halogens is 2. The smallest absolute Gasteiger partial charge is 0.332 e. The second-order valence-electron chi connectivity index (χ2n) is 5.96. The molecule has 0 aliphatic carbocycles. The van der Waals surface area contributed by atoms with Crippen LogP contribution in [0.25, 0.3) is 11.4 Å². The maximum Gasteiger partial charge on any atom is 0.332 e. The SMILES string of the molecule is CC.CC(=O)O/N=C(\N)c1c(F)ccc(OCc2nc(-c3ccc(C)cc3)ns2)c1F. The molecule has 3 aromatic rings. The summed E-state index contributed by atoms with van der Waals surface area (Å²) in [6.07, 6.45) is 0. The highest BCUT2D eigenvalue weighted by Crippen LogP contribution is 2.25. The van der Waals surface area contributed by atoms with E-state index in [0.717, 1.165) is 41.7 Å². The van der Waals surface area contributed by atoms with Crippen molar-refractivity contribution in [1.82, 2.24) is 9.36 Å².